The van der Waals surface area contributed by atoms with Crippen LogP contribution in [-0.2, 0) is 9.47 Å². The Morgan fingerprint density at radius 2 is 1.83 bits per heavy atom. The molecule has 0 aromatic carbocycles. The van der Waals surface area contributed by atoms with Gasteiger partial charge in [0, 0.05) is 6.61 Å². The summed E-state index contributed by atoms with van der Waals surface area (Å²) in [6.45, 7) is 10.7. The molecular weight excluding hydrogens is 374 g/mol. The van der Waals surface area contributed by atoms with Crippen LogP contribution in [0, 0.1) is 51.8 Å². The van der Waals surface area contributed by atoms with Crippen LogP contribution in [0.5, 0.6) is 0 Å². The first kappa shape index (κ1) is 22.6. The summed E-state index contributed by atoms with van der Waals surface area (Å²) >= 11 is 0. The van der Waals surface area contributed by atoms with Crippen molar-refractivity contribution in [3.8, 4) is 6.07 Å². The molecule has 4 nitrogen and oxygen atoms in total. The summed E-state index contributed by atoms with van der Waals surface area (Å²) in [7, 11) is 0. The van der Waals surface area contributed by atoms with Crippen LogP contribution in [0.1, 0.15) is 85.5 Å². The van der Waals surface area contributed by atoms with Crippen LogP contribution in [0.3, 0.4) is 0 Å². The molecule has 4 fully saturated rings. The van der Waals surface area contributed by atoms with Gasteiger partial charge in [0.2, 0.25) is 0 Å². The Labute approximate surface area is 183 Å². The van der Waals surface area contributed by atoms with Gasteiger partial charge < -0.3 is 14.6 Å². The predicted octanol–water partition coefficient (Wildman–Crippen LogP) is 5.34. The summed E-state index contributed by atoms with van der Waals surface area (Å²) in [6, 6.07) is 2.66. The highest BCUT2D eigenvalue weighted by Gasteiger charge is 2.63. The average Bonchev–Trinajstić information content (AvgIpc) is 3.07. The SMILES string of the molecule is CCOC[C@@]1(O)CC[C@@]2(COC(C)C)[C@H](CC[C@H]3[C@@H]4CC[C@H](C#N)[C@@]4(C)CC[C@@H]32)C1. The van der Waals surface area contributed by atoms with Crippen molar-refractivity contribution in [2.24, 2.45) is 40.4 Å². The van der Waals surface area contributed by atoms with E-state index in [2.05, 4.69) is 26.8 Å². The van der Waals surface area contributed by atoms with Gasteiger partial charge in [-0.25, -0.2) is 0 Å². The smallest absolute Gasteiger partial charge is 0.0883 e. The van der Waals surface area contributed by atoms with Gasteiger partial charge in [-0.3, -0.25) is 0 Å². The maximum atomic E-state index is 11.3. The minimum absolute atomic E-state index is 0.192. The van der Waals surface area contributed by atoms with Gasteiger partial charge in [-0.2, -0.15) is 5.26 Å². The lowest BCUT2D eigenvalue weighted by atomic mass is 9.43. The first-order valence-electron chi connectivity index (χ1n) is 12.6. The molecular formula is C26H43NO3. The first-order chi connectivity index (χ1) is 14.3. The molecule has 4 aliphatic rings. The van der Waals surface area contributed by atoms with Gasteiger partial charge in [-0.15, -0.1) is 0 Å². The molecule has 4 heteroatoms. The molecule has 4 rings (SSSR count). The van der Waals surface area contributed by atoms with Crippen molar-refractivity contribution in [2.75, 3.05) is 19.8 Å². The third-order valence-electron chi connectivity index (χ3n) is 9.94. The Balaban J connectivity index is 1.60. The first-order valence-corrected chi connectivity index (χ1v) is 12.6. The highest BCUT2D eigenvalue weighted by Crippen LogP contribution is 2.68. The lowest BCUT2D eigenvalue weighted by molar-refractivity contribution is -0.194. The molecule has 0 heterocycles. The van der Waals surface area contributed by atoms with E-state index in [1.165, 1.54) is 32.1 Å². The zero-order valence-electron chi connectivity index (χ0n) is 19.7. The van der Waals surface area contributed by atoms with Crippen molar-refractivity contribution in [1.82, 2.24) is 0 Å². The normalized spacial score (nSPS) is 48.0. The molecule has 0 bridgehead atoms. The minimum Gasteiger partial charge on any atom is -0.387 e. The van der Waals surface area contributed by atoms with Gasteiger partial charge in [0.1, 0.15) is 0 Å². The molecule has 0 unspecified atom stereocenters. The third kappa shape index (κ3) is 3.63. The van der Waals surface area contributed by atoms with E-state index in [9.17, 15) is 10.4 Å². The second-order valence-electron chi connectivity index (χ2n) is 11.6. The summed E-state index contributed by atoms with van der Waals surface area (Å²) in [6.07, 6.45) is 10.2. The monoisotopic (exact) mass is 417 g/mol. The van der Waals surface area contributed by atoms with Gasteiger partial charge in [-0.05, 0) is 113 Å². The fourth-order valence-electron chi connectivity index (χ4n) is 8.36. The van der Waals surface area contributed by atoms with Gasteiger partial charge in [0.05, 0.1) is 36.9 Å². The number of nitrogens with zero attached hydrogens (tertiary/aromatic N) is 1. The highest BCUT2D eigenvalue weighted by atomic mass is 16.5. The van der Waals surface area contributed by atoms with Crippen molar-refractivity contribution in [2.45, 2.75) is 97.2 Å². The number of hydrogen-bond acceptors (Lipinski definition) is 4. The van der Waals surface area contributed by atoms with Crippen molar-refractivity contribution < 1.29 is 14.6 Å². The fraction of sp³-hybridized carbons (Fsp3) is 0.962. The fourth-order valence-corrected chi connectivity index (χ4v) is 8.36. The topological polar surface area (TPSA) is 62.5 Å². The van der Waals surface area contributed by atoms with E-state index in [1.807, 2.05) is 6.92 Å². The maximum absolute atomic E-state index is 11.3. The van der Waals surface area contributed by atoms with E-state index in [0.29, 0.717) is 31.0 Å². The van der Waals surface area contributed by atoms with E-state index < -0.39 is 5.60 Å². The van der Waals surface area contributed by atoms with Crippen molar-refractivity contribution in [1.29, 1.82) is 5.26 Å². The standard InChI is InChI=1S/C26H43NO3/c1-5-29-16-25(28)12-13-26(17-30-18(2)3)19(14-25)6-8-21-22-9-7-20(15-27)24(22,4)11-10-23(21)26/h18-23,28H,5-14,16-17H2,1-4H3/t19-,20-,21+,22+,23+,24-,25-,26-/m1/s1. The molecule has 1 N–H and O–H groups in total. The highest BCUT2D eigenvalue weighted by molar-refractivity contribution is 5.14. The van der Waals surface area contributed by atoms with E-state index in [4.69, 9.17) is 9.47 Å². The largest absolute Gasteiger partial charge is 0.387 e. The predicted molar refractivity (Wildman–Crippen MR) is 118 cm³/mol. The van der Waals surface area contributed by atoms with E-state index in [1.54, 1.807) is 0 Å². The summed E-state index contributed by atoms with van der Waals surface area (Å²) < 4.78 is 12.0. The van der Waals surface area contributed by atoms with Crippen molar-refractivity contribution >= 4 is 0 Å². The van der Waals surface area contributed by atoms with Crippen LogP contribution in [-0.4, -0.2) is 36.6 Å². The Hall–Kier alpha value is -0.630. The average molecular weight is 418 g/mol. The van der Waals surface area contributed by atoms with Crippen LogP contribution in [0.4, 0.5) is 0 Å². The van der Waals surface area contributed by atoms with Crippen LogP contribution in [0.25, 0.3) is 0 Å². The summed E-state index contributed by atoms with van der Waals surface area (Å²) in [5, 5.41) is 21.1. The molecule has 4 aliphatic carbocycles. The lowest BCUT2D eigenvalue weighted by Crippen LogP contribution is -2.59. The molecule has 0 amide bonds. The Morgan fingerprint density at radius 1 is 1.03 bits per heavy atom. The zero-order chi connectivity index (χ0) is 21.6. The molecule has 0 radical (unpaired) electrons. The molecule has 0 aromatic rings. The van der Waals surface area contributed by atoms with Gasteiger partial charge in [-0.1, -0.05) is 6.92 Å². The minimum atomic E-state index is -0.669. The van der Waals surface area contributed by atoms with Crippen molar-refractivity contribution in [3.05, 3.63) is 0 Å². The number of hydrogen-bond donors (Lipinski definition) is 1. The Kier molecular flexibility index (Phi) is 6.30. The van der Waals surface area contributed by atoms with Crippen LogP contribution in [0.2, 0.25) is 0 Å². The molecule has 0 saturated heterocycles. The number of fused-ring (bicyclic) bond motifs is 5. The second kappa shape index (κ2) is 8.38. The molecule has 4 saturated carbocycles. The van der Waals surface area contributed by atoms with Crippen LogP contribution >= 0.6 is 0 Å². The summed E-state index contributed by atoms with van der Waals surface area (Å²) in [4.78, 5) is 0. The molecule has 0 aromatic heterocycles. The quantitative estimate of drug-likeness (QED) is 0.633. The molecule has 0 spiro atoms. The third-order valence-corrected chi connectivity index (χ3v) is 9.94. The molecule has 8 atom stereocenters. The van der Waals surface area contributed by atoms with Crippen LogP contribution in [0.15, 0.2) is 0 Å². The maximum Gasteiger partial charge on any atom is 0.0883 e. The van der Waals surface area contributed by atoms with E-state index in [0.717, 1.165) is 38.2 Å². The summed E-state index contributed by atoms with van der Waals surface area (Å²) in [5.41, 5.74) is -0.262. The van der Waals surface area contributed by atoms with Crippen LogP contribution < -0.4 is 0 Å². The van der Waals surface area contributed by atoms with Gasteiger partial charge in [0.25, 0.3) is 0 Å². The Morgan fingerprint density at radius 3 is 2.53 bits per heavy atom. The van der Waals surface area contributed by atoms with Crippen molar-refractivity contribution in [3.63, 3.8) is 0 Å². The number of ether oxygens (including phenoxy) is 2. The second-order valence-corrected chi connectivity index (χ2v) is 11.6. The van der Waals surface area contributed by atoms with Gasteiger partial charge >= 0.3 is 0 Å². The number of rotatable bonds is 6. The molecule has 0 aliphatic heterocycles. The van der Waals surface area contributed by atoms with E-state index >= 15 is 0 Å². The lowest BCUT2D eigenvalue weighted by Gasteiger charge is -2.62. The summed E-state index contributed by atoms with van der Waals surface area (Å²) in [5.74, 6) is 2.87. The zero-order valence-corrected chi connectivity index (χ0v) is 19.7. The number of aliphatic hydroxyl groups is 1. The Bertz CT molecular complexity index is 659. The van der Waals surface area contributed by atoms with Gasteiger partial charge in [0.15, 0.2) is 0 Å². The van der Waals surface area contributed by atoms with E-state index in [-0.39, 0.29) is 22.9 Å². The molecule has 30 heavy (non-hydrogen) atoms. The molecule has 170 valence electrons. The number of nitriles is 1.